The molecule has 63 heavy (non-hydrogen) atoms. The van der Waals surface area contributed by atoms with Crippen molar-refractivity contribution in [1.29, 1.82) is 0 Å². The lowest BCUT2D eigenvalue weighted by Gasteiger charge is -2.18. The van der Waals surface area contributed by atoms with Crippen LogP contribution in [0, 0.1) is 0 Å². The number of hydrogen-bond donors (Lipinski definition) is 0. The Kier molecular flexibility index (Phi) is 50.3. The van der Waals surface area contributed by atoms with Gasteiger partial charge in [0.2, 0.25) is 0 Å². The maximum atomic E-state index is 12.8. The monoisotopic (exact) mass is 885 g/mol. The van der Waals surface area contributed by atoms with E-state index < -0.39 is 6.10 Å². The van der Waals surface area contributed by atoms with E-state index in [1.165, 1.54) is 154 Å². The number of carbonyl (C=O) groups is 3. The minimum atomic E-state index is -0.776. The number of carbonyl (C=O) groups excluding carboxylic acids is 3. The van der Waals surface area contributed by atoms with Crippen molar-refractivity contribution in [2.45, 2.75) is 297 Å². The fourth-order valence-electron chi connectivity index (χ4n) is 8.05. The van der Waals surface area contributed by atoms with Crippen molar-refractivity contribution < 1.29 is 28.6 Å². The van der Waals surface area contributed by atoms with Crippen LogP contribution in [0.4, 0.5) is 0 Å². The van der Waals surface area contributed by atoms with Gasteiger partial charge in [0.15, 0.2) is 6.10 Å². The second-order valence-electron chi connectivity index (χ2n) is 18.5. The van der Waals surface area contributed by atoms with Gasteiger partial charge in [0.1, 0.15) is 13.2 Å². The van der Waals surface area contributed by atoms with E-state index in [-0.39, 0.29) is 31.1 Å². The molecule has 0 rings (SSSR count). The number of esters is 3. The molecule has 0 aromatic heterocycles. The minimum Gasteiger partial charge on any atom is -0.462 e. The second kappa shape index (κ2) is 52.3. The number of rotatable bonds is 50. The van der Waals surface area contributed by atoms with Crippen LogP contribution in [0.25, 0.3) is 0 Å². The van der Waals surface area contributed by atoms with Crippen molar-refractivity contribution in [3.05, 3.63) is 36.5 Å². The first-order chi connectivity index (χ1) is 31.0. The van der Waals surface area contributed by atoms with E-state index in [1.807, 2.05) is 0 Å². The van der Waals surface area contributed by atoms with Crippen LogP contribution < -0.4 is 0 Å². The predicted octanol–water partition coefficient (Wildman–Crippen LogP) is 18.1. The van der Waals surface area contributed by atoms with E-state index in [1.54, 1.807) is 0 Å². The molecule has 0 fully saturated rings. The molecule has 0 saturated carbocycles. The third-order valence-corrected chi connectivity index (χ3v) is 12.2. The summed E-state index contributed by atoms with van der Waals surface area (Å²) in [7, 11) is 0. The first-order valence-corrected chi connectivity index (χ1v) is 27.5. The molecular formula is C57H104O6. The summed E-state index contributed by atoms with van der Waals surface area (Å²) in [5.41, 5.74) is 0. The zero-order valence-electron chi connectivity index (χ0n) is 42.1. The molecule has 0 bridgehead atoms. The van der Waals surface area contributed by atoms with E-state index in [9.17, 15) is 14.4 Å². The zero-order chi connectivity index (χ0) is 45.8. The van der Waals surface area contributed by atoms with E-state index >= 15 is 0 Å². The third-order valence-electron chi connectivity index (χ3n) is 12.2. The Morgan fingerprint density at radius 2 is 0.619 bits per heavy atom. The van der Waals surface area contributed by atoms with Crippen molar-refractivity contribution >= 4 is 17.9 Å². The molecule has 0 spiro atoms. The van der Waals surface area contributed by atoms with Crippen LogP contribution in [0.1, 0.15) is 290 Å². The van der Waals surface area contributed by atoms with Crippen molar-refractivity contribution in [1.82, 2.24) is 0 Å². The molecule has 0 N–H and O–H groups in total. The van der Waals surface area contributed by atoms with Crippen LogP contribution in [0.15, 0.2) is 36.5 Å². The summed E-state index contributed by atoms with van der Waals surface area (Å²) in [6, 6.07) is 0. The Labute approximate surface area is 391 Å². The first kappa shape index (κ1) is 60.6. The average Bonchev–Trinajstić information content (AvgIpc) is 3.28. The summed E-state index contributed by atoms with van der Waals surface area (Å²) >= 11 is 0. The fourth-order valence-corrected chi connectivity index (χ4v) is 8.05. The molecule has 368 valence electrons. The van der Waals surface area contributed by atoms with Crippen molar-refractivity contribution in [3.8, 4) is 0 Å². The van der Waals surface area contributed by atoms with Gasteiger partial charge in [-0.2, -0.15) is 0 Å². The number of allylic oxidation sites excluding steroid dienone is 6. The van der Waals surface area contributed by atoms with Gasteiger partial charge in [-0.3, -0.25) is 14.4 Å². The van der Waals surface area contributed by atoms with Gasteiger partial charge in [0.05, 0.1) is 0 Å². The molecular weight excluding hydrogens is 781 g/mol. The fraction of sp³-hybridized carbons (Fsp3) is 0.842. The van der Waals surface area contributed by atoms with Crippen LogP contribution in [-0.4, -0.2) is 37.2 Å². The lowest BCUT2D eigenvalue weighted by molar-refractivity contribution is -0.167. The quantitative estimate of drug-likeness (QED) is 0.0262. The van der Waals surface area contributed by atoms with Gasteiger partial charge >= 0.3 is 17.9 Å². The molecule has 6 heteroatoms. The lowest BCUT2D eigenvalue weighted by Crippen LogP contribution is -2.30. The molecule has 0 unspecified atom stereocenters. The Morgan fingerprint density at radius 3 is 0.968 bits per heavy atom. The SMILES string of the molecule is CC/C=C\C/C=C\C/C=C\CCCCCCCC(=O)OC(COC(=O)CCCCCCCCCCCCCCCCC)COC(=O)CCCCCCCCCCCCCCCCC. The molecule has 0 aliphatic heterocycles. The molecule has 0 heterocycles. The highest BCUT2D eigenvalue weighted by Gasteiger charge is 2.19. The normalized spacial score (nSPS) is 11.8. The molecule has 0 atom stereocenters. The smallest absolute Gasteiger partial charge is 0.306 e. The predicted molar refractivity (Wildman–Crippen MR) is 270 cm³/mol. The molecule has 0 radical (unpaired) electrons. The molecule has 0 aliphatic rings. The maximum Gasteiger partial charge on any atom is 0.306 e. The first-order valence-electron chi connectivity index (χ1n) is 27.5. The molecule has 0 amide bonds. The summed E-state index contributed by atoms with van der Waals surface area (Å²) < 4.78 is 16.8. The molecule has 6 nitrogen and oxygen atoms in total. The van der Waals surface area contributed by atoms with Crippen molar-refractivity contribution in [2.75, 3.05) is 13.2 Å². The van der Waals surface area contributed by atoms with E-state index in [2.05, 4.69) is 57.2 Å². The summed E-state index contributed by atoms with van der Waals surface area (Å²) in [5, 5.41) is 0. The third kappa shape index (κ3) is 50.5. The van der Waals surface area contributed by atoms with E-state index in [4.69, 9.17) is 14.2 Å². The van der Waals surface area contributed by atoms with Gasteiger partial charge in [-0.15, -0.1) is 0 Å². The van der Waals surface area contributed by atoms with Crippen molar-refractivity contribution in [3.63, 3.8) is 0 Å². The van der Waals surface area contributed by atoms with Crippen LogP contribution in [0.3, 0.4) is 0 Å². The highest BCUT2D eigenvalue weighted by Crippen LogP contribution is 2.16. The summed E-state index contributed by atoms with van der Waals surface area (Å²) in [6.45, 7) is 6.55. The Hall–Kier alpha value is -2.37. The number of unbranched alkanes of at least 4 members (excludes halogenated alkanes) is 33. The minimum absolute atomic E-state index is 0.0746. The Balaban J connectivity index is 4.36. The van der Waals surface area contributed by atoms with Crippen molar-refractivity contribution in [2.24, 2.45) is 0 Å². The lowest BCUT2D eigenvalue weighted by atomic mass is 10.0. The largest absolute Gasteiger partial charge is 0.462 e. The molecule has 0 saturated heterocycles. The van der Waals surface area contributed by atoms with Gasteiger partial charge < -0.3 is 14.2 Å². The van der Waals surface area contributed by atoms with Gasteiger partial charge in [0, 0.05) is 19.3 Å². The molecule has 0 aromatic rings. The number of ether oxygens (including phenoxy) is 3. The summed E-state index contributed by atoms with van der Waals surface area (Å²) in [6.07, 6.45) is 61.3. The molecule has 0 aliphatic carbocycles. The zero-order valence-corrected chi connectivity index (χ0v) is 42.1. The standard InChI is InChI=1S/C57H104O6/c1-4-7-10-13-16-19-22-25-28-31-34-37-40-43-46-49-55(58)61-52-54(63-57(60)51-48-45-42-39-36-33-30-27-24-21-18-15-12-9-6-3)53-62-56(59)50-47-44-41-38-35-32-29-26-23-20-17-14-11-8-5-2/h9,12,18,21,27,30,54H,4-8,10-11,13-17,19-20,22-26,28-29,31-53H2,1-3H3/b12-9-,21-18-,30-27-. The van der Waals surface area contributed by atoms with Gasteiger partial charge in [-0.05, 0) is 51.4 Å². The Bertz CT molecular complexity index is 1010. The average molecular weight is 885 g/mol. The topological polar surface area (TPSA) is 78.9 Å². The molecule has 0 aromatic carbocycles. The van der Waals surface area contributed by atoms with Crippen LogP contribution in [0.2, 0.25) is 0 Å². The van der Waals surface area contributed by atoms with Crippen LogP contribution in [-0.2, 0) is 28.6 Å². The van der Waals surface area contributed by atoms with Crippen LogP contribution >= 0.6 is 0 Å². The number of hydrogen-bond acceptors (Lipinski definition) is 6. The van der Waals surface area contributed by atoms with Gasteiger partial charge in [-0.1, -0.05) is 256 Å². The van der Waals surface area contributed by atoms with E-state index in [0.717, 1.165) is 96.3 Å². The Morgan fingerprint density at radius 1 is 0.333 bits per heavy atom. The van der Waals surface area contributed by atoms with E-state index in [0.29, 0.717) is 19.3 Å². The highest BCUT2D eigenvalue weighted by molar-refractivity contribution is 5.71. The maximum absolute atomic E-state index is 12.8. The summed E-state index contributed by atoms with van der Waals surface area (Å²) in [5.74, 6) is -0.875. The second-order valence-corrected chi connectivity index (χ2v) is 18.5. The highest BCUT2D eigenvalue weighted by atomic mass is 16.6. The van der Waals surface area contributed by atoms with Gasteiger partial charge in [0.25, 0.3) is 0 Å². The van der Waals surface area contributed by atoms with Gasteiger partial charge in [-0.25, -0.2) is 0 Å². The summed E-state index contributed by atoms with van der Waals surface area (Å²) in [4.78, 5) is 38.1. The van der Waals surface area contributed by atoms with Crippen LogP contribution in [0.5, 0.6) is 0 Å².